The molecule has 0 saturated heterocycles. The van der Waals surface area contributed by atoms with Crippen LogP contribution in [0, 0.1) is 11.3 Å². The molecule has 0 aromatic rings. The van der Waals surface area contributed by atoms with E-state index in [2.05, 4.69) is 11.4 Å². The molecular weight excluding hydrogens is 176 g/mol. The SMILES string of the molecule is CCC(C#N)NCCCCOC(C)C. The third-order valence-electron chi connectivity index (χ3n) is 1.98. The van der Waals surface area contributed by atoms with Gasteiger partial charge in [0.2, 0.25) is 0 Å². The smallest absolute Gasteiger partial charge is 0.0950 e. The predicted octanol–water partition coefficient (Wildman–Crippen LogP) is 2.08. The average molecular weight is 198 g/mol. The second-order valence-electron chi connectivity index (χ2n) is 3.67. The lowest BCUT2D eigenvalue weighted by Crippen LogP contribution is -2.27. The summed E-state index contributed by atoms with van der Waals surface area (Å²) >= 11 is 0. The molecule has 1 atom stereocenters. The first-order chi connectivity index (χ1) is 6.70. The zero-order valence-corrected chi connectivity index (χ0v) is 9.55. The Kier molecular flexibility index (Phi) is 8.61. The number of ether oxygens (including phenoxy) is 1. The fourth-order valence-electron chi connectivity index (χ4n) is 1.10. The largest absolute Gasteiger partial charge is 0.379 e. The van der Waals surface area contributed by atoms with Gasteiger partial charge in [0, 0.05) is 6.61 Å². The van der Waals surface area contributed by atoms with Crippen LogP contribution in [0.3, 0.4) is 0 Å². The topological polar surface area (TPSA) is 45.0 Å². The highest BCUT2D eigenvalue weighted by Crippen LogP contribution is 1.94. The van der Waals surface area contributed by atoms with E-state index in [0.29, 0.717) is 6.10 Å². The van der Waals surface area contributed by atoms with Crippen LogP contribution in [0.1, 0.15) is 40.0 Å². The van der Waals surface area contributed by atoms with Crippen molar-refractivity contribution in [3.05, 3.63) is 0 Å². The molecule has 0 aromatic carbocycles. The molecule has 0 aromatic heterocycles. The second kappa shape index (κ2) is 8.98. The molecule has 1 N–H and O–H groups in total. The maximum atomic E-state index is 8.66. The third-order valence-corrected chi connectivity index (χ3v) is 1.98. The minimum absolute atomic E-state index is 0.0148. The van der Waals surface area contributed by atoms with Crippen molar-refractivity contribution in [1.29, 1.82) is 5.26 Å². The summed E-state index contributed by atoms with van der Waals surface area (Å²) < 4.78 is 5.41. The fourth-order valence-corrected chi connectivity index (χ4v) is 1.10. The fraction of sp³-hybridized carbons (Fsp3) is 0.909. The lowest BCUT2D eigenvalue weighted by molar-refractivity contribution is 0.0760. The van der Waals surface area contributed by atoms with Crippen LogP contribution in [0.4, 0.5) is 0 Å². The first-order valence-electron chi connectivity index (χ1n) is 5.45. The van der Waals surface area contributed by atoms with Crippen molar-refractivity contribution < 1.29 is 4.74 Å². The Labute approximate surface area is 87.4 Å². The van der Waals surface area contributed by atoms with Gasteiger partial charge < -0.3 is 10.1 Å². The molecule has 0 saturated carbocycles. The molecular formula is C11H22N2O. The molecule has 0 fully saturated rings. The summed E-state index contributed by atoms with van der Waals surface area (Å²) in [6.07, 6.45) is 3.34. The maximum absolute atomic E-state index is 8.66. The summed E-state index contributed by atoms with van der Waals surface area (Å²) in [4.78, 5) is 0. The summed E-state index contributed by atoms with van der Waals surface area (Å²) in [6.45, 7) is 7.83. The first kappa shape index (κ1) is 13.4. The molecule has 0 aliphatic heterocycles. The average Bonchev–Trinajstić information content (AvgIpc) is 2.16. The molecule has 0 bridgehead atoms. The molecule has 1 unspecified atom stereocenters. The molecule has 0 aliphatic carbocycles. The van der Waals surface area contributed by atoms with Crippen molar-refractivity contribution in [2.24, 2.45) is 0 Å². The highest BCUT2D eigenvalue weighted by Gasteiger charge is 2.01. The first-order valence-corrected chi connectivity index (χ1v) is 5.45. The molecule has 0 rings (SSSR count). The number of nitriles is 1. The highest BCUT2D eigenvalue weighted by atomic mass is 16.5. The number of hydrogen-bond acceptors (Lipinski definition) is 3. The van der Waals surface area contributed by atoms with Crippen molar-refractivity contribution in [1.82, 2.24) is 5.32 Å². The van der Waals surface area contributed by atoms with E-state index in [4.69, 9.17) is 10.00 Å². The number of nitrogens with one attached hydrogen (secondary N) is 1. The van der Waals surface area contributed by atoms with E-state index in [1.165, 1.54) is 0 Å². The summed E-state index contributed by atoms with van der Waals surface area (Å²) in [7, 11) is 0. The normalized spacial score (nSPS) is 12.8. The van der Waals surface area contributed by atoms with Crippen LogP contribution in [0.5, 0.6) is 0 Å². The maximum Gasteiger partial charge on any atom is 0.0950 e. The van der Waals surface area contributed by atoms with Gasteiger partial charge in [-0.05, 0) is 39.7 Å². The molecule has 0 radical (unpaired) electrons. The van der Waals surface area contributed by atoms with Crippen molar-refractivity contribution in [3.63, 3.8) is 0 Å². The Bertz CT molecular complexity index is 163. The number of unbranched alkanes of at least 4 members (excludes halogenated alkanes) is 1. The highest BCUT2D eigenvalue weighted by molar-refractivity contribution is 4.87. The molecule has 0 aliphatic rings. The quantitative estimate of drug-likeness (QED) is 0.607. The van der Waals surface area contributed by atoms with E-state index in [9.17, 15) is 0 Å². The lowest BCUT2D eigenvalue weighted by atomic mass is 10.2. The molecule has 0 spiro atoms. The second-order valence-corrected chi connectivity index (χ2v) is 3.67. The summed E-state index contributed by atoms with van der Waals surface area (Å²) in [5, 5.41) is 11.9. The Morgan fingerprint density at radius 3 is 2.57 bits per heavy atom. The number of rotatable bonds is 8. The van der Waals surface area contributed by atoms with E-state index in [1.54, 1.807) is 0 Å². The minimum Gasteiger partial charge on any atom is -0.379 e. The number of nitrogens with zero attached hydrogens (tertiary/aromatic N) is 1. The van der Waals surface area contributed by atoms with Gasteiger partial charge in [0.05, 0.1) is 18.2 Å². The van der Waals surface area contributed by atoms with Crippen LogP contribution < -0.4 is 5.32 Å². The lowest BCUT2D eigenvalue weighted by Gasteiger charge is -2.09. The van der Waals surface area contributed by atoms with Gasteiger partial charge in [-0.1, -0.05) is 6.92 Å². The standard InChI is InChI=1S/C11H22N2O/c1-4-11(9-12)13-7-5-6-8-14-10(2)3/h10-11,13H,4-8H2,1-3H3. The van der Waals surface area contributed by atoms with E-state index in [-0.39, 0.29) is 6.04 Å². The van der Waals surface area contributed by atoms with Crippen LogP contribution in [0.15, 0.2) is 0 Å². The monoisotopic (exact) mass is 198 g/mol. The zero-order valence-electron chi connectivity index (χ0n) is 9.55. The van der Waals surface area contributed by atoms with Gasteiger partial charge in [-0.25, -0.2) is 0 Å². The van der Waals surface area contributed by atoms with Crippen LogP contribution >= 0.6 is 0 Å². The van der Waals surface area contributed by atoms with E-state index in [0.717, 1.165) is 32.4 Å². The van der Waals surface area contributed by atoms with Crippen molar-refractivity contribution >= 4 is 0 Å². The molecule has 3 nitrogen and oxygen atoms in total. The van der Waals surface area contributed by atoms with Crippen LogP contribution in [-0.2, 0) is 4.74 Å². The molecule has 14 heavy (non-hydrogen) atoms. The Balaban J connectivity index is 3.17. The third kappa shape index (κ3) is 8.03. The molecule has 3 heteroatoms. The van der Waals surface area contributed by atoms with Crippen LogP contribution in [0.2, 0.25) is 0 Å². The summed E-state index contributed by atoms with van der Waals surface area (Å²) in [5.74, 6) is 0. The van der Waals surface area contributed by atoms with Crippen molar-refractivity contribution in [2.75, 3.05) is 13.2 Å². The van der Waals surface area contributed by atoms with Gasteiger partial charge in [0.15, 0.2) is 0 Å². The van der Waals surface area contributed by atoms with Gasteiger partial charge >= 0.3 is 0 Å². The molecule has 82 valence electrons. The van der Waals surface area contributed by atoms with Gasteiger partial charge in [0.1, 0.15) is 0 Å². The Morgan fingerprint density at radius 2 is 2.07 bits per heavy atom. The van der Waals surface area contributed by atoms with Crippen LogP contribution in [-0.4, -0.2) is 25.3 Å². The number of hydrogen-bond donors (Lipinski definition) is 1. The summed E-state index contributed by atoms with van der Waals surface area (Å²) in [6, 6.07) is 2.23. The predicted molar refractivity (Wildman–Crippen MR) is 58.0 cm³/mol. The summed E-state index contributed by atoms with van der Waals surface area (Å²) in [5.41, 5.74) is 0. The van der Waals surface area contributed by atoms with Gasteiger partial charge in [-0.15, -0.1) is 0 Å². The minimum atomic E-state index is 0.0148. The van der Waals surface area contributed by atoms with E-state index < -0.39 is 0 Å². The van der Waals surface area contributed by atoms with Gasteiger partial charge in [-0.3, -0.25) is 0 Å². The molecule has 0 amide bonds. The van der Waals surface area contributed by atoms with E-state index >= 15 is 0 Å². The van der Waals surface area contributed by atoms with Crippen molar-refractivity contribution in [2.45, 2.75) is 52.2 Å². The van der Waals surface area contributed by atoms with E-state index in [1.807, 2.05) is 20.8 Å². The van der Waals surface area contributed by atoms with Gasteiger partial charge in [0.25, 0.3) is 0 Å². The zero-order chi connectivity index (χ0) is 10.8. The van der Waals surface area contributed by atoms with Crippen molar-refractivity contribution in [3.8, 4) is 6.07 Å². The molecule has 0 heterocycles. The van der Waals surface area contributed by atoms with Crippen LogP contribution in [0.25, 0.3) is 0 Å². The Hall–Kier alpha value is -0.590. The van der Waals surface area contributed by atoms with Gasteiger partial charge in [-0.2, -0.15) is 5.26 Å². The Morgan fingerprint density at radius 1 is 1.36 bits per heavy atom.